The molecule has 0 radical (unpaired) electrons. The summed E-state index contributed by atoms with van der Waals surface area (Å²) in [7, 11) is 3.12. The van der Waals surface area contributed by atoms with Crippen molar-refractivity contribution >= 4 is 23.3 Å². The number of aromatic nitrogens is 2. The molecule has 0 aliphatic rings. The van der Waals surface area contributed by atoms with Crippen molar-refractivity contribution in [3.63, 3.8) is 0 Å². The normalized spacial score (nSPS) is 9.28. The van der Waals surface area contributed by atoms with Crippen molar-refractivity contribution in [2.45, 2.75) is 6.92 Å². The van der Waals surface area contributed by atoms with E-state index in [1.807, 2.05) is 0 Å². The maximum absolute atomic E-state index is 11.2. The number of nitrogens with one attached hydrogen (secondary N) is 1. The summed E-state index contributed by atoms with van der Waals surface area (Å²) in [6.07, 6.45) is 0. The number of H-pyrrole nitrogens is 1. The van der Waals surface area contributed by atoms with Crippen molar-refractivity contribution in [2.75, 3.05) is 14.2 Å². The first-order valence-electron chi connectivity index (χ1n) is 4.79. The van der Waals surface area contributed by atoms with E-state index in [0.29, 0.717) is 22.7 Å². The lowest BCUT2D eigenvalue weighted by molar-refractivity contribution is 0.358. The van der Waals surface area contributed by atoms with Crippen LogP contribution in [0.1, 0.15) is 5.69 Å². The van der Waals surface area contributed by atoms with E-state index >= 15 is 0 Å². The van der Waals surface area contributed by atoms with Gasteiger partial charge in [0.2, 0.25) is 0 Å². The van der Waals surface area contributed by atoms with Crippen molar-refractivity contribution in [1.82, 2.24) is 9.97 Å². The maximum Gasteiger partial charge on any atom is 0.345 e. The van der Waals surface area contributed by atoms with E-state index < -0.39 is 0 Å². The Balaban J connectivity index is 0.00000144. The molecule has 0 fully saturated rings. The molecule has 0 aliphatic heterocycles. The molecule has 6 nitrogen and oxygen atoms in total. The van der Waals surface area contributed by atoms with Gasteiger partial charge in [-0.05, 0) is 19.1 Å². The number of hydrogen-bond donors (Lipinski definition) is 1. The minimum atomic E-state index is -0.364. The van der Waals surface area contributed by atoms with Gasteiger partial charge in [0.05, 0.1) is 30.8 Å². The summed E-state index contributed by atoms with van der Waals surface area (Å²) in [6, 6.07) is 3.52. The molecule has 0 saturated heterocycles. The summed E-state index contributed by atoms with van der Waals surface area (Å²) in [4.78, 5) is 17.7. The molecule has 0 atom stereocenters. The highest BCUT2D eigenvalue weighted by atomic mass is 35.5. The van der Waals surface area contributed by atoms with E-state index in [1.165, 1.54) is 0 Å². The smallest absolute Gasteiger partial charge is 0.345 e. The van der Waals surface area contributed by atoms with Crippen molar-refractivity contribution in [2.24, 2.45) is 0 Å². The summed E-state index contributed by atoms with van der Waals surface area (Å²) < 4.78 is 10.5. The van der Waals surface area contributed by atoms with E-state index in [1.54, 1.807) is 33.3 Å². The first kappa shape index (κ1) is 16.2. The summed E-state index contributed by atoms with van der Waals surface area (Å²) in [6.45, 7) is 1.76. The molecule has 0 bridgehead atoms. The van der Waals surface area contributed by atoms with Crippen LogP contribution >= 0.6 is 12.4 Å². The largest absolute Gasteiger partial charge is 0.493 e. The fourth-order valence-corrected chi connectivity index (χ4v) is 1.74. The standard InChI is InChI=1S/C11H12N2O3.ClH.H2O/c1-6-9-7(13-11(14)12-6)4-5-8(15-2)10(9)16-3;;/h4-5H,1-3H3,(H,12,13,14);1H;1H2. The van der Waals surface area contributed by atoms with Crippen LogP contribution in [-0.2, 0) is 0 Å². The number of benzene rings is 1. The van der Waals surface area contributed by atoms with Gasteiger partial charge in [-0.1, -0.05) is 0 Å². The third kappa shape index (κ3) is 2.55. The second-order valence-electron chi connectivity index (χ2n) is 3.35. The zero-order valence-electron chi connectivity index (χ0n) is 10.2. The van der Waals surface area contributed by atoms with Gasteiger partial charge in [0.25, 0.3) is 0 Å². The van der Waals surface area contributed by atoms with Crippen LogP contribution in [0.25, 0.3) is 10.9 Å². The van der Waals surface area contributed by atoms with Gasteiger partial charge in [0, 0.05) is 0 Å². The molecule has 100 valence electrons. The molecule has 18 heavy (non-hydrogen) atoms. The second-order valence-corrected chi connectivity index (χ2v) is 3.35. The zero-order chi connectivity index (χ0) is 11.7. The SMILES string of the molecule is COc1ccc2[nH]c(=O)nc(C)c2c1OC.Cl.O. The Bertz CT molecular complexity index is 597. The number of ether oxygens (including phenoxy) is 2. The highest BCUT2D eigenvalue weighted by molar-refractivity contribution is 5.89. The Morgan fingerprint density at radius 2 is 1.89 bits per heavy atom. The molecular formula is C11H15ClN2O4. The van der Waals surface area contributed by atoms with Crippen LogP contribution < -0.4 is 15.2 Å². The van der Waals surface area contributed by atoms with Gasteiger partial charge < -0.3 is 19.9 Å². The van der Waals surface area contributed by atoms with Crippen LogP contribution in [0.15, 0.2) is 16.9 Å². The highest BCUT2D eigenvalue weighted by Crippen LogP contribution is 2.35. The molecule has 0 aliphatic carbocycles. The molecule has 1 aromatic carbocycles. The molecule has 0 amide bonds. The first-order chi connectivity index (χ1) is 7.67. The molecule has 2 rings (SSSR count). The van der Waals surface area contributed by atoms with Crippen LogP contribution in [0.5, 0.6) is 11.5 Å². The fourth-order valence-electron chi connectivity index (χ4n) is 1.74. The topological polar surface area (TPSA) is 95.7 Å². The lowest BCUT2D eigenvalue weighted by atomic mass is 10.1. The van der Waals surface area contributed by atoms with E-state index in [2.05, 4.69) is 9.97 Å². The first-order valence-corrected chi connectivity index (χ1v) is 4.79. The third-order valence-electron chi connectivity index (χ3n) is 2.42. The molecule has 3 N–H and O–H groups in total. The number of halogens is 1. The maximum atomic E-state index is 11.2. The molecular weight excluding hydrogens is 260 g/mol. The summed E-state index contributed by atoms with van der Waals surface area (Å²) in [5, 5.41) is 0.765. The number of fused-ring (bicyclic) bond motifs is 1. The lowest BCUT2D eigenvalue weighted by Crippen LogP contribution is -2.12. The number of methoxy groups -OCH3 is 2. The van der Waals surface area contributed by atoms with Gasteiger partial charge in [-0.2, -0.15) is 4.98 Å². The summed E-state index contributed by atoms with van der Waals surface area (Å²) in [5.74, 6) is 1.20. The number of rotatable bonds is 2. The van der Waals surface area contributed by atoms with Gasteiger partial charge in [0.1, 0.15) is 0 Å². The number of aryl methyl sites for hydroxylation is 1. The zero-order valence-corrected chi connectivity index (χ0v) is 11.1. The minimum Gasteiger partial charge on any atom is -0.493 e. The number of nitrogens with zero attached hydrogens (tertiary/aromatic N) is 1. The predicted molar refractivity (Wildman–Crippen MR) is 71.1 cm³/mol. The molecule has 0 unspecified atom stereocenters. The van der Waals surface area contributed by atoms with Crippen LogP contribution in [0.3, 0.4) is 0 Å². The Morgan fingerprint density at radius 3 is 2.44 bits per heavy atom. The van der Waals surface area contributed by atoms with Gasteiger partial charge in [-0.3, -0.25) is 0 Å². The summed E-state index contributed by atoms with van der Waals surface area (Å²) >= 11 is 0. The van der Waals surface area contributed by atoms with Crippen molar-refractivity contribution in [3.05, 3.63) is 28.3 Å². The van der Waals surface area contributed by atoms with Crippen LogP contribution in [0, 0.1) is 6.92 Å². The molecule has 1 aromatic heterocycles. The van der Waals surface area contributed by atoms with Crippen LogP contribution in [0.4, 0.5) is 0 Å². The van der Waals surface area contributed by atoms with Crippen LogP contribution in [0.2, 0.25) is 0 Å². The van der Waals surface area contributed by atoms with E-state index in [4.69, 9.17) is 9.47 Å². The average Bonchev–Trinajstić information content (AvgIpc) is 2.27. The second kappa shape index (κ2) is 6.23. The predicted octanol–water partition coefficient (Wildman–Crippen LogP) is 0.846. The molecule has 2 aromatic rings. The number of aromatic amines is 1. The Hall–Kier alpha value is -1.79. The van der Waals surface area contributed by atoms with Crippen molar-refractivity contribution in [3.8, 4) is 11.5 Å². The molecule has 1 heterocycles. The van der Waals surface area contributed by atoms with E-state index in [0.717, 1.165) is 5.39 Å². The fraction of sp³-hybridized carbons (Fsp3) is 0.273. The lowest BCUT2D eigenvalue weighted by Gasteiger charge is -2.11. The van der Waals surface area contributed by atoms with Crippen molar-refractivity contribution in [1.29, 1.82) is 0 Å². The monoisotopic (exact) mass is 274 g/mol. The van der Waals surface area contributed by atoms with Gasteiger partial charge in [-0.15, -0.1) is 12.4 Å². The third-order valence-corrected chi connectivity index (χ3v) is 2.42. The van der Waals surface area contributed by atoms with E-state index in [9.17, 15) is 4.79 Å². The Morgan fingerprint density at radius 1 is 1.22 bits per heavy atom. The molecule has 0 spiro atoms. The van der Waals surface area contributed by atoms with Crippen LogP contribution in [-0.4, -0.2) is 29.7 Å². The summed E-state index contributed by atoms with van der Waals surface area (Å²) in [5.41, 5.74) is 0.946. The van der Waals surface area contributed by atoms with Gasteiger partial charge in [-0.25, -0.2) is 4.79 Å². The Labute approximate surface area is 110 Å². The van der Waals surface area contributed by atoms with Crippen molar-refractivity contribution < 1.29 is 14.9 Å². The molecule has 7 heteroatoms. The van der Waals surface area contributed by atoms with E-state index in [-0.39, 0.29) is 23.6 Å². The Kier molecular flexibility index (Phi) is 5.61. The van der Waals surface area contributed by atoms with Gasteiger partial charge in [0.15, 0.2) is 11.5 Å². The highest BCUT2D eigenvalue weighted by Gasteiger charge is 2.12. The number of hydrogen-bond acceptors (Lipinski definition) is 4. The quantitative estimate of drug-likeness (QED) is 0.878. The molecule has 0 saturated carbocycles. The minimum absolute atomic E-state index is 0. The average molecular weight is 275 g/mol. The van der Waals surface area contributed by atoms with Gasteiger partial charge >= 0.3 is 5.69 Å².